The van der Waals surface area contributed by atoms with Gasteiger partial charge in [0.05, 0.1) is 25.1 Å². The fourth-order valence-electron chi connectivity index (χ4n) is 2.42. The number of hydrogen-bond acceptors (Lipinski definition) is 6. The molecule has 0 aliphatic heterocycles. The summed E-state index contributed by atoms with van der Waals surface area (Å²) in [5.41, 5.74) is 1.27. The summed E-state index contributed by atoms with van der Waals surface area (Å²) < 4.78 is 10.6. The van der Waals surface area contributed by atoms with Crippen LogP contribution < -0.4 is 14.8 Å². The molecule has 0 fully saturated rings. The number of thiophene rings is 1. The second kappa shape index (κ2) is 7.67. The Morgan fingerprint density at radius 2 is 2.04 bits per heavy atom. The molecule has 0 aliphatic rings. The monoisotopic (exact) mass is 374 g/mol. The van der Waals surface area contributed by atoms with Crippen molar-refractivity contribution in [2.45, 2.75) is 13.0 Å². The number of thiazole rings is 1. The molecule has 0 saturated heterocycles. The van der Waals surface area contributed by atoms with Crippen molar-refractivity contribution in [1.82, 2.24) is 10.3 Å². The second-order valence-corrected chi connectivity index (χ2v) is 7.12. The van der Waals surface area contributed by atoms with Gasteiger partial charge in [0.25, 0.3) is 5.91 Å². The predicted octanol–water partition coefficient (Wildman–Crippen LogP) is 4.38. The first-order chi connectivity index (χ1) is 12.1. The van der Waals surface area contributed by atoms with E-state index in [9.17, 15) is 4.79 Å². The Bertz CT molecular complexity index is 859. The van der Waals surface area contributed by atoms with Crippen LogP contribution in [0.5, 0.6) is 11.5 Å². The van der Waals surface area contributed by atoms with Gasteiger partial charge in [-0.2, -0.15) is 0 Å². The van der Waals surface area contributed by atoms with Gasteiger partial charge in [-0.15, -0.1) is 22.7 Å². The van der Waals surface area contributed by atoms with Gasteiger partial charge < -0.3 is 14.8 Å². The lowest BCUT2D eigenvalue weighted by Crippen LogP contribution is -2.27. The lowest BCUT2D eigenvalue weighted by Gasteiger charge is -2.17. The first-order valence-electron chi connectivity index (χ1n) is 7.64. The number of hydrogen-bond donors (Lipinski definition) is 1. The first kappa shape index (κ1) is 17.4. The Hall–Kier alpha value is -2.38. The minimum atomic E-state index is -0.246. The van der Waals surface area contributed by atoms with Crippen LogP contribution in [0, 0.1) is 0 Å². The van der Waals surface area contributed by atoms with Crippen LogP contribution in [-0.2, 0) is 0 Å². The average Bonchev–Trinajstić information content (AvgIpc) is 3.32. The van der Waals surface area contributed by atoms with E-state index in [4.69, 9.17) is 9.47 Å². The lowest BCUT2D eigenvalue weighted by atomic mass is 10.1. The number of amides is 1. The van der Waals surface area contributed by atoms with Crippen LogP contribution >= 0.6 is 22.7 Å². The second-order valence-electron chi connectivity index (χ2n) is 5.32. The van der Waals surface area contributed by atoms with E-state index >= 15 is 0 Å². The smallest absolute Gasteiger partial charge is 0.271 e. The van der Waals surface area contributed by atoms with E-state index in [0.717, 1.165) is 15.4 Å². The molecule has 0 spiro atoms. The minimum Gasteiger partial charge on any atom is -0.497 e. The molecular formula is C18H18N2O3S2. The Kier molecular flexibility index (Phi) is 5.35. The summed E-state index contributed by atoms with van der Waals surface area (Å²) in [7, 11) is 3.21. The van der Waals surface area contributed by atoms with Gasteiger partial charge in [0.2, 0.25) is 0 Å². The molecule has 25 heavy (non-hydrogen) atoms. The summed E-state index contributed by atoms with van der Waals surface area (Å²) in [6, 6.07) is 9.23. The zero-order valence-corrected chi connectivity index (χ0v) is 15.7. The number of benzene rings is 1. The molecule has 3 aromatic rings. The summed E-state index contributed by atoms with van der Waals surface area (Å²) in [6.45, 7) is 1.90. The number of ether oxygens (including phenoxy) is 2. The molecule has 130 valence electrons. The van der Waals surface area contributed by atoms with Crippen molar-refractivity contribution in [3.05, 3.63) is 52.3 Å². The SMILES string of the molecule is COc1ccc(OC)c([C@@H](C)NC(=O)c2csc(-c3cccs3)n2)c1. The maximum Gasteiger partial charge on any atom is 0.271 e. The van der Waals surface area contributed by atoms with Crippen LogP contribution in [0.4, 0.5) is 0 Å². The highest BCUT2D eigenvalue weighted by atomic mass is 32.1. The van der Waals surface area contributed by atoms with Crippen LogP contribution in [0.1, 0.15) is 29.0 Å². The van der Waals surface area contributed by atoms with E-state index in [0.29, 0.717) is 17.2 Å². The Morgan fingerprint density at radius 1 is 1.20 bits per heavy atom. The fraction of sp³-hybridized carbons (Fsp3) is 0.222. The molecule has 0 saturated carbocycles. The Labute approximate surface area is 154 Å². The number of methoxy groups -OCH3 is 2. The van der Waals surface area contributed by atoms with Crippen molar-refractivity contribution in [2.24, 2.45) is 0 Å². The number of nitrogens with zero attached hydrogens (tertiary/aromatic N) is 1. The molecule has 0 unspecified atom stereocenters. The molecule has 1 amide bonds. The maximum atomic E-state index is 12.5. The predicted molar refractivity (Wildman–Crippen MR) is 101 cm³/mol. The van der Waals surface area contributed by atoms with Crippen molar-refractivity contribution in [3.8, 4) is 21.4 Å². The molecule has 7 heteroatoms. The van der Waals surface area contributed by atoms with Gasteiger partial charge in [0.1, 0.15) is 22.2 Å². The van der Waals surface area contributed by atoms with E-state index in [1.54, 1.807) is 30.9 Å². The van der Waals surface area contributed by atoms with Gasteiger partial charge in [-0.1, -0.05) is 6.07 Å². The third-order valence-electron chi connectivity index (χ3n) is 3.72. The molecule has 2 heterocycles. The molecule has 1 N–H and O–H groups in total. The molecule has 0 aliphatic carbocycles. The number of nitrogens with one attached hydrogen (secondary N) is 1. The summed E-state index contributed by atoms with van der Waals surface area (Å²) in [5.74, 6) is 1.20. The molecule has 1 atom stereocenters. The van der Waals surface area contributed by atoms with Crippen molar-refractivity contribution in [2.75, 3.05) is 14.2 Å². The summed E-state index contributed by atoms with van der Waals surface area (Å²) in [6.07, 6.45) is 0. The molecular weight excluding hydrogens is 356 g/mol. The minimum absolute atomic E-state index is 0.212. The van der Waals surface area contributed by atoms with Crippen LogP contribution in [0.3, 0.4) is 0 Å². The number of carbonyl (C=O) groups excluding carboxylic acids is 1. The quantitative estimate of drug-likeness (QED) is 0.696. The standard InChI is InChI=1S/C18H18N2O3S2/c1-11(13-9-12(22-2)6-7-15(13)23-3)19-17(21)14-10-25-18(20-14)16-5-4-8-24-16/h4-11H,1-3H3,(H,19,21)/t11-/m1/s1. The zero-order chi connectivity index (χ0) is 17.8. The third kappa shape index (κ3) is 3.83. The molecule has 3 rings (SSSR count). The van der Waals surface area contributed by atoms with Crippen molar-refractivity contribution in [1.29, 1.82) is 0 Å². The van der Waals surface area contributed by atoms with Crippen LogP contribution in [-0.4, -0.2) is 25.1 Å². The van der Waals surface area contributed by atoms with Gasteiger partial charge >= 0.3 is 0 Å². The van der Waals surface area contributed by atoms with Gasteiger partial charge in [-0.3, -0.25) is 4.79 Å². The molecule has 0 radical (unpaired) electrons. The maximum absolute atomic E-state index is 12.5. The van der Waals surface area contributed by atoms with Gasteiger partial charge in [0, 0.05) is 10.9 Å². The van der Waals surface area contributed by atoms with Crippen molar-refractivity contribution in [3.63, 3.8) is 0 Å². The van der Waals surface area contributed by atoms with E-state index in [2.05, 4.69) is 10.3 Å². The highest BCUT2D eigenvalue weighted by Crippen LogP contribution is 2.30. The highest BCUT2D eigenvalue weighted by molar-refractivity contribution is 7.20. The first-order valence-corrected chi connectivity index (χ1v) is 9.40. The summed E-state index contributed by atoms with van der Waals surface area (Å²) >= 11 is 3.07. The number of carbonyl (C=O) groups is 1. The van der Waals surface area contributed by atoms with Crippen molar-refractivity contribution >= 4 is 28.6 Å². The lowest BCUT2D eigenvalue weighted by molar-refractivity contribution is 0.0935. The molecule has 5 nitrogen and oxygen atoms in total. The van der Waals surface area contributed by atoms with E-state index in [1.165, 1.54) is 11.3 Å². The zero-order valence-electron chi connectivity index (χ0n) is 14.1. The summed E-state index contributed by atoms with van der Waals surface area (Å²) in [5, 5.41) is 7.60. The average molecular weight is 374 g/mol. The highest BCUT2D eigenvalue weighted by Gasteiger charge is 2.18. The van der Waals surface area contributed by atoms with E-state index in [1.807, 2.05) is 42.6 Å². The molecule has 2 aromatic heterocycles. The largest absolute Gasteiger partial charge is 0.497 e. The normalized spacial score (nSPS) is 11.8. The van der Waals surface area contributed by atoms with E-state index < -0.39 is 0 Å². The van der Waals surface area contributed by atoms with Crippen LogP contribution in [0.25, 0.3) is 9.88 Å². The number of rotatable bonds is 6. The van der Waals surface area contributed by atoms with Gasteiger partial charge in [-0.05, 0) is 36.6 Å². The van der Waals surface area contributed by atoms with Gasteiger partial charge in [0.15, 0.2) is 0 Å². The van der Waals surface area contributed by atoms with Crippen LogP contribution in [0.2, 0.25) is 0 Å². The molecule has 0 bridgehead atoms. The van der Waals surface area contributed by atoms with Crippen LogP contribution in [0.15, 0.2) is 41.1 Å². The van der Waals surface area contributed by atoms with Gasteiger partial charge in [-0.25, -0.2) is 4.98 Å². The Morgan fingerprint density at radius 3 is 2.72 bits per heavy atom. The Balaban J connectivity index is 1.77. The van der Waals surface area contributed by atoms with Crippen molar-refractivity contribution < 1.29 is 14.3 Å². The molecule has 1 aromatic carbocycles. The topological polar surface area (TPSA) is 60.5 Å². The fourth-order valence-corrected chi connectivity index (χ4v) is 4.03. The summed E-state index contributed by atoms with van der Waals surface area (Å²) in [4.78, 5) is 18.0. The third-order valence-corrected chi connectivity index (χ3v) is 5.60. The number of aromatic nitrogens is 1. The van der Waals surface area contributed by atoms with E-state index in [-0.39, 0.29) is 11.9 Å².